The fraction of sp³-hybridized carbons (Fsp3) is 0.647. The van der Waals surface area contributed by atoms with Gasteiger partial charge >= 0.3 is 0 Å². The molecule has 0 amide bonds. The lowest BCUT2D eigenvalue weighted by atomic mass is 9.93. The van der Waals surface area contributed by atoms with E-state index in [0.717, 1.165) is 47.1 Å². The Morgan fingerprint density at radius 3 is 2.96 bits per heavy atom. The van der Waals surface area contributed by atoms with Crippen LogP contribution in [0.25, 0.3) is 5.65 Å². The molecule has 1 aliphatic rings. The molecule has 1 fully saturated rings. The number of fused-ring (bicyclic) bond motifs is 1. The van der Waals surface area contributed by atoms with E-state index in [2.05, 4.69) is 52.8 Å². The molecule has 3 heterocycles. The van der Waals surface area contributed by atoms with E-state index < -0.39 is 0 Å². The Hall–Kier alpha value is -0.890. The molecule has 2 aromatic heterocycles. The molecule has 0 aromatic carbocycles. The molecule has 3 rings (SSSR count). The van der Waals surface area contributed by atoms with E-state index in [0.29, 0.717) is 6.04 Å². The van der Waals surface area contributed by atoms with Crippen molar-refractivity contribution in [2.75, 3.05) is 18.5 Å². The first kappa shape index (κ1) is 17.0. The Labute approximate surface area is 151 Å². The second-order valence-electron chi connectivity index (χ2n) is 6.42. The highest BCUT2D eigenvalue weighted by Crippen LogP contribution is 2.24. The summed E-state index contributed by atoms with van der Waals surface area (Å²) in [7, 11) is 0. The molecule has 1 unspecified atom stereocenters. The third-order valence-electron chi connectivity index (χ3n) is 4.67. The molecule has 6 heteroatoms. The number of hydrogen-bond acceptors (Lipinski definition) is 4. The first-order chi connectivity index (χ1) is 11.2. The molecular formula is C17H25IN4O. The minimum absolute atomic E-state index is 0.421. The molecule has 1 aliphatic heterocycles. The molecule has 0 radical (unpaired) electrons. The summed E-state index contributed by atoms with van der Waals surface area (Å²) < 4.78 is 8.48. The van der Waals surface area contributed by atoms with Gasteiger partial charge in [0, 0.05) is 24.8 Å². The van der Waals surface area contributed by atoms with Gasteiger partial charge in [0.2, 0.25) is 0 Å². The Kier molecular flexibility index (Phi) is 5.74. The van der Waals surface area contributed by atoms with Crippen LogP contribution in [0.3, 0.4) is 0 Å². The van der Waals surface area contributed by atoms with Crippen LogP contribution in [-0.4, -0.2) is 33.9 Å². The third kappa shape index (κ3) is 4.15. The largest absolute Gasteiger partial charge is 0.381 e. The minimum Gasteiger partial charge on any atom is -0.381 e. The van der Waals surface area contributed by atoms with E-state index in [9.17, 15) is 0 Å². The summed E-state index contributed by atoms with van der Waals surface area (Å²) in [6, 6.07) is 2.61. The van der Waals surface area contributed by atoms with Crippen molar-refractivity contribution in [1.82, 2.24) is 14.6 Å². The summed E-state index contributed by atoms with van der Waals surface area (Å²) in [6.45, 7) is 6.20. The second kappa shape index (κ2) is 7.79. The quantitative estimate of drug-likeness (QED) is 0.710. The summed E-state index contributed by atoms with van der Waals surface area (Å²) in [5, 5.41) is 8.19. The van der Waals surface area contributed by atoms with Gasteiger partial charge in [0.15, 0.2) is 5.65 Å². The van der Waals surface area contributed by atoms with Crippen molar-refractivity contribution in [3.63, 3.8) is 0 Å². The lowest BCUT2D eigenvalue weighted by Gasteiger charge is -2.22. The molecule has 0 aliphatic carbocycles. The molecule has 1 saturated heterocycles. The molecule has 126 valence electrons. The Morgan fingerprint density at radius 1 is 1.43 bits per heavy atom. The van der Waals surface area contributed by atoms with Gasteiger partial charge in [-0.25, -0.2) is 9.50 Å². The van der Waals surface area contributed by atoms with Gasteiger partial charge in [-0.1, -0.05) is 6.92 Å². The second-order valence-corrected chi connectivity index (χ2v) is 7.52. The van der Waals surface area contributed by atoms with Crippen LogP contribution in [0.4, 0.5) is 5.82 Å². The van der Waals surface area contributed by atoms with E-state index in [-0.39, 0.29) is 0 Å². The van der Waals surface area contributed by atoms with Crippen molar-refractivity contribution in [3.8, 4) is 0 Å². The zero-order valence-corrected chi connectivity index (χ0v) is 16.0. The summed E-state index contributed by atoms with van der Waals surface area (Å²) in [5.74, 6) is 1.72. The van der Waals surface area contributed by atoms with Crippen molar-refractivity contribution >= 4 is 34.1 Å². The molecule has 1 N–H and O–H groups in total. The van der Waals surface area contributed by atoms with Crippen molar-refractivity contribution < 1.29 is 4.74 Å². The van der Waals surface area contributed by atoms with E-state index in [1.165, 1.54) is 24.8 Å². The van der Waals surface area contributed by atoms with Crippen LogP contribution in [0.1, 0.15) is 45.1 Å². The maximum absolute atomic E-state index is 5.46. The number of nitrogens with one attached hydrogen (secondary N) is 1. The van der Waals surface area contributed by atoms with Gasteiger partial charge in [-0.2, -0.15) is 0 Å². The smallest absolute Gasteiger partial charge is 0.158 e. The minimum atomic E-state index is 0.421. The topological polar surface area (TPSA) is 51.5 Å². The third-order valence-corrected chi connectivity index (χ3v) is 5.41. The SMILES string of the molecule is CCC(C)Nc1cc(CCC2CCOCC2)c2ncc(I)n2n1. The summed E-state index contributed by atoms with van der Waals surface area (Å²) in [4.78, 5) is 4.56. The molecule has 0 spiro atoms. The summed E-state index contributed by atoms with van der Waals surface area (Å²) >= 11 is 2.29. The lowest BCUT2D eigenvalue weighted by Crippen LogP contribution is -2.17. The Balaban J connectivity index is 1.81. The normalized spacial score (nSPS) is 17.5. The van der Waals surface area contributed by atoms with Crippen LogP contribution in [0.5, 0.6) is 0 Å². The fourth-order valence-electron chi connectivity index (χ4n) is 3.01. The highest BCUT2D eigenvalue weighted by molar-refractivity contribution is 14.1. The van der Waals surface area contributed by atoms with E-state index in [4.69, 9.17) is 9.84 Å². The standard InChI is InChI=1S/C17H25IN4O/c1-3-12(2)20-16-10-14(5-4-13-6-8-23-9-7-13)17-19-11-15(18)22(17)21-16/h10-13H,3-9H2,1-2H3,(H,20,21). The van der Waals surface area contributed by atoms with Crippen LogP contribution < -0.4 is 5.32 Å². The number of imidazole rings is 1. The average Bonchev–Trinajstić information content (AvgIpc) is 2.95. The Morgan fingerprint density at radius 2 is 2.22 bits per heavy atom. The van der Waals surface area contributed by atoms with Crippen molar-refractivity contribution in [1.29, 1.82) is 0 Å². The van der Waals surface area contributed by atoms with Gasteiger partial charge in [0.25, 0.3) is 0 Å². The van der Waals surface area contributed by atoms with Gasteiger partial charge < -0.3 is 10.1 Å². The molecule has 23 heavy (non-hydrogen) atoms. The van der Waals surface area contributed by atoms with Crippen LogP contribution in [0.2, 0.25) is 0 Å². The maximum atomic E-state index is 5.46. The maximum Gasteiger partial charge on any atom is 0.158 e. The highest BCUT2D eigenvalue weighted by atomic mass is 127. The van der Waals surface area contributed by atoms with E-state index in [1.54, 1.807) is 0 Å². The van der Waals surface area contributed by atoms with Crippen molar-refractivity contribution in [2.24, 2.45) is 5.92 Å². The number of halogens is 1. The van der Waals surface area contributed by atoms with Gasteiger partial charge in [0.05, 0.1) is 6.20 Å². The molecule has 0 saturated carbocycles. The molecule has 1 atom stereocenters. The van der Waals surface area contributed by atoms with Crippen molar-refractivity contribution in [2.45, 2.75) is 52.0 Å². The molecular weight excluding hydrogens is 403 g/mol. The van der Waals surface area contributed by atoms with Crippen LogP contribution in [0.15, 0.2) is 12.3 Å². The van der Waals surface area contributed by atoms with Crippen molar-refractivity contribution in [3.05, 3.63) is 21.5 Å². The van der Waals surface area contributed by atoms with Gasteiger partial charge in [-0.05, 0) is 73.6 Å². The highest BCUT2D eigenvalue weighted by Gasteiger charge is 2.16. The first-order valence-corrected chi connectivity index (χ1v) is 9.62. The van der Waals surface area contributed by atoms with E-state index >= 15 is 0 Å². The monoisotopic (exact) mass is 428 g/mol. The fourth-order valence-corrected chi connectivity index (χ4v) is 3.48. The number of aromatic nitrogens is 3. The number of rotatable bonds is 6. The number of aryl methyl sites for hydroxylation is 1. The van der Waals surface area contributed by atoms with Crippen LogP contribution >= 0.6 is 22.6 Å². The van der Waals surface area contributed by atoms with Gasteiger partial charge in [-0.3, -0.25) is 0 Å². The number of ether oxygens (including phenoxy) is 1. The number of nitrogens with zero attached hydrogens (tertiary/aromatic N) is 3. The summed E-state index contributed by atoms with van der Waals surface area (Å²) in [5.41, 5.74) is 2.29. The van der Waals surface area contributed by atoms with Gasteiger partial charge in [0.1, 0.15) is 9.52 Å². The average molecular weight is 428 g/mol. The first-order valence-electron chi connectivity index (χ1n) is 8.54. The number of anilines is 1. The molecule has 0 bridgehead atoms. The number of hydrogen-bond donors (Lipinski definition) is 1. The van der Waals surface area contributed by atoms with Gasteiger partial charge in [-0.15, -0.1) is 5.10 Å². The van der Waals surface area contributed by atoms with E-state index in [1.807, 2.05) is 10.7 Å². The zero-order chi connectivity index (χ0) is 16.2. The molecule has 2 aromatic rings. The summed E-state index contributed by atoms with van der Waals surface area (Å²) in [6.07, 6.45) is 7.61. The Bertz CT molecular complexity index is 651. The molecule has 5 nitrogen and oxygen atoms in total. The zero-order valence-electron chi connectivity index (χ0n) is 13.9. The predicted molar refractivity (Wildman–Crippen MR) is 101 cm³/mol. The van der Waals surface area contributed by atoms with Crippen LogP contribution in [-0.2, 0) is 11.2 Å². The predicted octanol–water partition coefficient (Wildman–Crippen LogP) is 3.90. The lowest BCUT2D eigenvalue weighted by molar-refractivity contribution is 0.0640. The van der Waals surface area contributed by atoms with Crippen LogP contribution in [0, 0.1) is 9.62 Å².